The second kappa shape index (κ2) is 13.8. The Morgan fingerprint density at radius 1 is 1.20 bits per heavy atom. The number of aliphatic hydroxyl groups excluding tert-OH is 1. The number of ether oxygens (including phenoxy) is 3. The van der Waals surface area contributed by atoms with Crippen LogP contribution >= 0.6 is 0 Å². The zero-order chi connectivity index (χ0) is 29.2. The Hall–Kier alpha value is -4.08. The van der Waals surface area contributed by atoms with Gasteiger partial charge in [0.1, 0.15) is 11.4 Å². The summed E-state index contributed by atoms with van der Waals surface area (Å²) in [4.78, 5) is 34.4. The molecule has 40 heavy (non-hydrogen) atoms. The molecule has 0 radical (unpaired) electrons. The van der Waals surface area contributed by atoms with E-state index < -0.39 is 29.1 Å². The molecular weight excluding hydrogens is 514 g/mol. The normalized spacial score (nSPS) is 18.2. The smallest absolute Gasteiger partial charge is 0.306 e. The number of aliphatic hydroxyl groups is 1. The molecule has 0 saturated carbocycles. The molecule has 214 valence electrons. The first kappa shape index (κ1) is 30.5. The summed E-state index contributed by atoms with van der Waals surface area (Å²) in [6.07, 6.45) is 0.136. The van der Waals surface area contributed by atoms with Crippen LogP contribution in [0.4, 0.5) is 5.69 Å². The molecule has 2 aromatic carbocycles. The van der Waals surface area contributed by atoms with Crippen molar-refractivity contribution in [2.75, 3.05) is 19.8 Å². The summed E-state index contributed by atoms with van der Waals surface area (Å²) in [5.74, 6) is -0.0562. The maximum Gasteiger partial charge on any atom is 0.306 e. The molecule has 1 aliphatic rings. The van der Waals surface area contributed by atoms with Gasteiger partial charge < -0.3 is 24.6 Å². The van der Waals surface area contributed by atoms with Crippen LogP contribution in [-0.4, -0.2) is 53.8 Å². The number of rotatable bonds is 13. The average molecular weight is 552 g/mol. The molecular formula is C29H37N5O6. The highest BCUT2D eigenvalue weighted by atomic mass is 16.6. The van der Waals surface area contributed by atoms with Crippen LogP contribution in [0.2, 0.25) is 0 Å². The Bertz CT molecular complexity index is 1250. The lowest BCUT2D eigenvalue weighted by Gasteiger charge is -2.31. The second-order valence-electron chi connectivity index (χ2n) is 10.4. The highest BCUT2D eigenvalue weighted by Crippen LogP contribution is 2.46. The molecule has 0 saturated heterocycles. The van der Waals surface area contributed by atoms with Crippen molar-refractivity contribution < 1.29 is 28.9 Å². The SMILES string of the molecule is CCCNC(=O)[C@]1(CCC(=O)OC(C)(C)C)N=C(c2ccc(OCCCO)cc2)O[C@@H]1c1ccccc1N=[N+]=[N-]. The maximum absolute atomic E-state index is 13.9. The fraction of sp³-hybridized carbons (Fsp3) is 0.483. The van der Waals surface area contributed by atoms with Crippen molar-refractivity contribution in [2.24, 2.45) is 10.1 Å². The lowest BCUT2D eigenvalue weighted by atomic mass is 9.82. The summed E-state index contributed by atoms with van der Waals surface area (Å²) in [5, 5.41) is 15.7. The first-order valence-corrected chi connectivity index (χ1v) is 13.4. The number of aliphatic imine (C=N–C) groups is 1. The van der Waals surface area contributed by atoms with Gasteiger partial charge >= 0.3 is 5.97 Å². The molecule has 2 aromatic rings. The number of benzene rings is 2. The van der Waals surface area contributed by atoms with Crippen LogP contribution in [0.3, 0.4) is 0 Å². The molecule has 2 atom stereocenters. The van der Waals surface area contributed by atoms with E-state index in [1.165, 1.54) is 0 Å². The molecule has 11 heteroatoms. The zero-order valence-electron chi connectivity index (χ0n) is 23.4. The molecule has 2 N–H and O–H groups in total. The Morgan fingerprint density at radius 3 is 2.58 bits per heavy atom. The van der Waals surface area contributed by atoms with Crippen LogP contribution in [0, 0.1) is 0 Å². The lowest BCUT2D eigenvalue weighted by molar-refractivity contribution is -0.155. The van der Waals surface area contributed by atoms with Gasteiger partial charge in [-0.2, -0.15) is 0 Å². The summed E-state index contributed by atoms with van der Waals surface area (Å²) >= 11 is 0. The highest BCUT2D eigenvalue weighted by molar-refractivity contribution is 6.01. The molecule has 1 aliphatic heterocycles. The summed E-state index contributed by atoms with van der Waals surface area (Å²) in [6, 6.07) is 13.9. The average Bonchev–Trinajstić information content (AvgIpc) is 3.31. The number of azide groups is 1. The van der Waals surface area contributed by atoms with E-state index in [-0.39, 0.29) is 25.3 Å². The third kappa shape index (κ3) is 7.74. The molecule has 0 aromatic heterocycles. The van der Waals surface area contributed by atoms with Gasteiger partial charge in [0.2, 0.25) is 5.90 Å². The molecule has 0 spiro atoms. The first-order chi connectivity index (χ1) is 19.1. The summed E-state index contributed by atoms with van der Waals surface area (Å²) < 4.78 is 17.5. The highest BCUT2D eigenvalue weighted by Gasteiger charge is 2.53. The predicted octanol–water partition coefficient (Wildman–Crippen LogP) is 5.29. The molecule has 0 bridgehead atoms. The van der Waals surface area contributed by atoms with Gasteiger partial charge in [0, 0.05) is 47.7 Å². The van der Waals surface area contributed by atoms with Crippen LogP contribution in [0.1, 0.15) is 70.6 Å². The number of hydrogen-bond donors (Lipinski definition) is 2. The molecule has 3 rings (SSSR count). The van der Waals surface area contributed by atoms with Gasteiger partial charge in [0.05, 0.1) is 6.61 Å². The van der Waals surface area contributed by atoms with Crippen molar-refractivity contribution in [3.8, 4) is 5.75 Å². The number of hydrogen-bond acceptors (Lipinski definition) is 8. The molecule has 0 unspecified atom stereocenters. The fourth-order valence-electron chi connectivity index (χ4n) is 4.27. The molecule has 0 fully saturated rings. The molecule has 0 aliphatic carbocycles. The molecule has 11 nitrogen and oxygen atoms in total. The minimum Gasteiger partial charge on any atom is -0.494 e. The van der Waals surface area contributed by atoms with Gasteiger partial charge in [-0.1, -0.05) is 36.3 Å². The largest absolute Gasteiger partial charge is 0.494 e. The van der Waals surface area contributed by atoms with Gasteiger partial charge in [-0.05, 0) is 63.4 Å². The molecule has 1 amide bonds. The van der Waals surface area contributed by atoms with Crippen LogP contribution in [0.25, 0.3) is 10.4 Å². The van der Waals surface area contributed by atoms with E-state index in [9.17, 15) is 15.1 Å². The van der Waals surface area contributed by atoms with E-state index in [2.05, 4.69) is 15.3 Å². The summed E-state index contributed by atoms with van der Waals surface area (Å²) in [5.41, 5.74) is 8.32. The Balaban J connectivity index is 2.08. The topological polar surface area (TPSA) is 155 Å². The number of amides is 1. The van der Waals surface area contributed by atoms with Gasteiger partial charge in [-0.15, -0.1) is 0 Å². The van der Waals surface area contributed by atoms with E-state index in [0.717, 1.165) is 0 Å². The summed E-state index contributed by atoms with van der Waals surface area (Å²) in [6.45, 7) is 8.08. The van der Waals surface area contributed by atoms with Crippen LogP contribution in [0.15, 0.2) is 58.6 Å². The Morgan fingerprint density at radius 2 is 1.93 bits per heavy atom. The predicted molar refractivity (Wildman–Crippen MR) is 150 cm³/mol. The number of carbonyl (C=O) groups excluding carboxylic acids is 2. The Kier molecular flexibility index (Phi) is 10.5. The lowest BCUT2D eigenvalue weighted by Crippen LogP contribution is -2.49. The second-order valence-corrected chi connectivity index (χ2v) is 10.4. The number of esters is 1. The van der Waals surface area contributed by atoms with E-state index in [1.807, 2.05) is 6.92 Å². The minimum atomic E-state index is -1.54. The van der Waals surface area contributed by atoms with Gasteiger partial charge in [0.15, 0.2) is 11.6 Å². The van der Waals surface area contributed by atoms with Gasteiger partial charge in [-0.25, -0.2) is 4.99 Å². The van der Waals surface area contributed by atoms with E-state index in [4.69, 9.17) is 24.3 Å². The monoisotopic (exact) mass is 551 g/mol. The van der Waals surface area contributed by atoms with Crippen molar-refractivity contribution in [2.45, 2.75) is 70.6 Å². The standard InChI is InChI=1S/C29H37N5O6/c1-5-17-31-27(37)29(16-15-24(36)40-28(2,3)4)25(22-9-6-7-10-23(22)33-34-30)39-26(32-29)20-11-13-21(14-12-20)38-19-8-18-35/h6-7,9-14,25,35H,5,8,15-19H2,1-4H3,(H,31,37)/t25-,29-/m1/s1. The molecule has 1 heterocycles. The van der Waals surface area contributed by atoms with Gasteiger partial charge in [-0.3, -0.25) is 9.59 Å². The fourth-order valence-corrected chi connectivity index (χ4v) is 4.27. The van der Waals surface area contributed by atoms with Crippen molar-refractivity contribution in [1.29, 1.82) is 0 Å². The van der Waals surface area contributed by atoms with E-state index in [1.54, 1.807) is 69.3 Å². The maximum atomic E-state index is 13.9. The number of nitrogens with one attached hydrogen (secondary N) is 1. The van der Waals surface area contributed by atoms with Crippen LogP contribution in [-0.2, 0) is 19.1 Å². The van der Waals surface area contributed by atoms with E-state index in [0.29, 0.717) is 48.6 Å². The first-order valence-electron chi connectivity index (χ1n) is 13.4. The van der Waals surface area contributed by atoms with Crippen LogP contribution in [0.5, 0.6) is 5.75 Å². The third-order valence-corrected chi connectivity index (χ3v) is 6.07. The van der Waals surface area contributed by atoms with Gasteiger partial charge in [0.25, 0.3) is 5.91 Å². The van der Waals surface area contributed by atoms with Crippen molar-refractivity contribution >= 4 is 23.5 Å². The van der Waals surface area contributed by atoms with Crippen molar-refractivity contribution in [1.82, 2.24) is 5.32 Å². The quantitative estimate of drug-likeness (QED) is 0.113. The van der Waals surface area contributed by atoms with Crippen LogP contribution < -0.4 is 10.1 Å². The number of carbonyl (C=O) groups is 2. The van der Waals surface area contributed by atoms with Crippen molar-refractivity contribution in [3.63, 3.8) is 0 Å². The number of nitrogens with zero attached hydrogens (tertiary/aromatic N) is 4. The zero-order valence-corrected chi connectivity index (χ0v) is 23.4. The minimum absolute atomic E-state index is 0.00140. The van der Waals surface area contributed by atoms with Crippen molar-refractivity contribution in [3.05, 3.63) is 70.1 Å². The Labute approximate surface area is 234 Å². The van der Waals surface area contributed by atoms with E-state index >= 15 is 0 Å². The summed E-state index contributed by atoms with van der Waals surface area (Å²) in [7, 11) is 0. The third-order valence-electron chi connectivity index (χ3n) is 6.07.